The van der Waals surface area contributed by atoms with Crippen molar-refractivity contribution in [3.63, 3.8) is 0 Å². The number of benzene rings is 2. The minimum absolute atomic E-state index is 0.126. The zero-order chi connectivity index (χ0) is 20.1. The quantitative estimate of drug-likeness (QED) is 0.546. The SMILES string of the molecule is COc1ccc(/C=C/c2n[nH]c3ccc(C(=O)NCC=N)c(OC)c23)cc1F. The number of rotatable bonds is 7. The molecule has 1 aromatic heterocycles. The van der Waals surface area contributed by atoms with E-state index in [1.165, 1.54) is 20.3 Å². The first-order valence-electron chi connectivity index (χ1n) is 8.42. The number of nitrogens with zero attached hydrogens (tertiary/aromatic N) is 1. The maximum atomic E-state index is 13.9. The number of hydrogen-bond donors (Lipinski definition) is 3. The van der Waals surface area contributed by atoms with Gasteiger partial charge in [-0.2, -0.15) is 5.10 Å². The number of aromatic amines is 1. The number of fused-ring (bicyclic) bond motifs is 1. The van der Waals surface area contributed by atoms with E-state index in [-0.39, 0.29) is 18.2 Å². The van der Waals surface area contributed by atoms with E-state index in [9.17, 15) is 9.18 Å². The summed E-state index contributed by atoms with van der Waals surface area (Å²) in [6, 6.07) is 7.99. The smallest absolute Gasteiger partial charge is 0.255 e. The monoisotopic (exact) mass is 382 g/mol. The van der Waals surface area contributed by atoms with Crippen molar-refractivity contribution in [2.75, 3.05) is 20.8 Å². The lowest BCUT2D eigenvalue weighted by atomic mass is 10.1. The van der Waals surface area contributed by atoms with Gasteiger partial charge in [-0.05, 0) is 35.9 Å². The van der Waals surface area contributed by atoms with E-state index in [1.807, 2.05) is 0 Å². The number of aromatic nitrogens is 2. The van der Waals surface area contributed by atoms with Crippen molar-refractivity contribution < 1.29 is 18.7 Å². The molecule has 3 rings (SSSR count). The summed E-state index contributed by atoms with van der Waals surface area (Å²) in [5.74, 6) is -0.270. The topological polar surface area (TPSA) is 100 Å². The van der Waals surface area contributed by atoms with Crippen molar-refractivity contribution in [1.29, 1.82) is 5.41 Å². The van der Waals surface area contributed by atoms with Crippen LogP contribution in [0.25, 0.3) is 23.1 Å². The van der Waals surface area contributed by atoms with Gasteiger partial charge in [0.1, 0.15) is 5.75 Å². The average molecular weight is 382 g/mol. The van der Waals surface area contributed by atoms with E-state index >= 15 is 0 Å². The summed E-state index contributed by atoms with van der Waals surface area (Å²) in [6.45, 7) is 0.126. The molecule has 0 aliphatic heterocycles. The molecule has 0 atom stereocenters. The van der Waals surface area contributed by atoms with Gasteiger partial charge < -0.3 is 20.2 Å². The Morgan fingerprint density at radius 2 is 2.07 bits per heavy atom. The normalized spacial score (nSPS) is 11.0. The van der Waals surface area contributed by atoms with Gasteiger partial charge in [-0.3, -0.25) is 9.89 Å². The van der Waals surface area contributed by atoms with Crippen molar-refractivity contribution in [3.8, 4) is 11.5 Å². The Morgan fingerprint density at radius 1 is 1.25 bits per heavy atom. The van der Waals surface area contributed by atoms with Crippen molar-refractivity contribution in [1.82, 2.24) is 15.5 Å². The zero-order valence-corrected chi connectivity index (χ0v) is 15.4. The lowest BCUT2D eigenvalue weighted by Crippen LogP contribution is -2.25. The Kier molecular flexibility index (Phi) is 5.69. The van der Waals surface area contributed by atoms with E-state index in [2.05, 4.69) is 15.5 Å². The number of carbonyl (C=O) groups is 1. The molecule has 1 heterocycles. The summed E-state index contributed by atoms with van der Waals surface area (Å²) in [6.07, 6.45) is 4.52. The molecule has 2 aromatic carbocycles. The molecule has 0 aliphatic carbocycles. The Bertz CT molecular complexity index is 1060. The fraction of sp³-hybridized carbons (Fsp3) is 0.150. The maximum absolute atomic E-state index is 13.9. The summed E-state index contributed by atoms with van der Waals surface area (Å²) < 4.78 is 24.3. The van der Waals surface area contributed by atoms with E-state index in [1.54, 1.807) is 36.4 Å². The van der Waals surface area contributed by atoms with Crippen molar-refractivity contribution in [2.24, 2.45) is 0 Å². The third-order valence-corrected chi connectivity index (χ3v) is 4.13. The Morgan fingerprint density at radius 3 is 2.75 bits per heavy atom. The first-order valence-corrected chi connectivity index (χ1v) is 8.42. The van der Waals surface area contributed by atoms with Gasteiger partial charge in [-0.15, -0.1) is 0 Å². The van der Waals surface area contributed by atoms with Gasteiger partial charge in [-0.25, -0.2) is 4.39 Å². The van der Waals surface area contributed by atoms with E-state index in [0.717, 1.165) is 6.21 Å². The molecule has 3 N–H and O–H groups in total. The highest BCUT2D eigenvalue weighted by Gasteiger charge is 2.18. The average Bonchev–Trinajstić information content (AvgIpc) is 3.13. The standard InChI is InChI=1S/C20H19FN4O3/c1-27-17-8-4-12(11-14(17)21)3-6-15-18-16(25-24-15)7-5-13(19(18)28-2)20(26)23-10-9-22/h3-9,11,22H,10H2,1-2H3,(H,23,26)(H,24,25)/b6-3+,22-9?. The second-order valence-corrected chi connectivity index (χ2v) is 5.82. The van der Waals surface area contributed by atoms with E-state index < -0.39 is 5.82 Å². The van der Waals surface area contributed by atoms with Gasteiger partial charge >= 0.3 is 0 Å². The number of nitrogens with one attached hydrogen (secondary N) is 3. The highest BCUT2D eigenvalue weighted by atomic mass is 19.1. The van der Waals surface area contributed by atoms with Gasteiger partial charge in [0.2, 0.25) is 0 Å². The molecule has 0 bridgehead atoms. The first-order chi connectivity index (χ1) is 13.6. The molecule has 0 radical (unpaired) electrons. The van der Waals surface area contributed by atoms with Crippen LogP contribution >= 0.6 is 0 Å². The molecule has 0 saturated heterocycles. The number of H-pyrrole nitrogens is 1. The molecule has 28 heavy (non-hydrogen) atoms. The summed E-state index contributed by atoms with van der Waals surface area (Å²) in [7, 11) is 2.88. The van der Waals surface area contributed by atoms with E-state index in [4.69, 9.17) is 14.9 Å². The van der Waals surface area contributed by atoms with Crippen LogP contribution in [0.2, 0.25) is 0 Å². The van der Waals surface area contributed by atoms with Crippen LogP contribution in [0.3, 0.4) is 0 Å². The second kappa shape index (κ2) is 8.34. The Balaban J connectivity index is 2.01. The third-order valence-electron chi connectivity index (χ3n) is 4.13. The van der Waals surface area contributed by atoms with Crippen molar-refractivity contribution in [2.45, 2.75) is 0 Å². The Labute approximate surface area is 160 Å². The van der Waals surface area contributed by atoms with Gasteiger partial charge in [-0.1, -0.05) is 12.1 Å². The number of amides is 1. The predicted molar refractivity (Wildman–Crippen MR) is 106 cm³/mol. The summed E-state index contributed by atoms with van der Waals surface area (Å²) >= 11 is 0. The van der Waals surface area contributed by atoms with Crippen molar-refractivity contribution in [3.05, 3.63) is 53.0 Å². The van der Waals surface area contributed by atoms with Crippen LogP contribution in [0.15, 0.2) is 30.3 Å². The number of hydrogen-bond acceptors (Lipinski definition) is 5. The summed E-state index contributed by atoms with van der Waals surface area (Å²) in [4.78, 5) is 12.3. The highest BCUT2D eigenvalue weighted by molar-refractivity contribution is 6.05. The summed E-state index contributed by atoms with van der Waals surface area (Å²) in [5, 5.41) is 17.4. The lowest BCUT2D eigenvalue weighted by molar-refractivity contribution is 0.0957. The molecule has 8 heteroatoms. The fourth-order valence-electron chi connectivity index (χ4n) is 2.82. The second-order valence-electron chi connectivity index (χ2n) is 5.82. The summed E-state index contributed by atoms with van der Waals surface area (Å²) in [5.41, 5.74) is 2.21. The number of halogens is 1. The molecule has 0 saturated carbocycles. The number of methoxy groups -OCH3 is 2. The van der Waals surface area contributed by atoms with Crippen LogP contribution in [-0.4, -0.2) is 43.1 Å². The predicted octanol–water partition coefficient (Wildman–Crippen LogP) is 3.27. The fourth-order valence-corrected chi connectivity index (χ4v) is 2.82. The van der Waals surface area contributed by atoms with Crippen LogP contribution in [-0.2, 0) is 0 Å². The van der Waals surface area contributed by atoms with Crippen LogP contribution in [0.5, 0.6) is 11.5 Å². The molecule has 0 spiro atoms. The molecule has 0 fully saturated rings. The number of ether oxygens (including phenoxy) is 2. The molecule has 0 unspecified atom stereocenters. The minimum Gasteiger partial charge on any atom is -0.495 e. The van der Waals surface area contributed by atoms with Crippen LogP contribution < -0.4 is 14.8 Å². The number of carbonyl (C=O) groups excluding carboxylic acids is 1. The largest absolute Gasteiger partial charge is 0.495 e. The molecule has 1 amide bonds. The van der Waals surface area contributed by atoms with Gasteiger partial charge in [0, 0.05) is 6.21 Å². The molecular weight excluding hydrogens is 363 g/mol. The molecule has 3 aromatic rings. The molecule has 144 valence electrons. The molecule has 0 aliphatic rings. The minimum atomic E-state index is -0.459. The van der Waals surface area contributed by atoms with Gasteiger partial charge in [0.05, 0.1) is 42.9 Å². The molecule has 7 nitrogen and oxygen atoms in total. The van der Waals surface area contributed by atoms with Crippen LogP contribution in [0, 0.1) is 11.2 Å². The van der Waals surface area contributed by atoms with Crippen molar-refractivity contribution >= 4 is 35.2 Å². The lowest BCUT2D eigenvalue weighted by Gasteiger charge is -2.09. The molecular formula is C20H19FN4O3. The Hall–Kier alpha value is -3.68. The van der Waals surface area contributed by atoms with Gasteiger partial charge in [0.15, 0.2) is 11.6 Å². The van der Waals surface area contributed by atoms with E-state index in [0.29, 0.717) is 33.5 Å². The third kappa shape index (κ3) is 3.71. The first kappa shape index (κ1) is 19.1. The zero-order valence-electron chi connectivity index (χ0n) is 15.4. The van der Waals surface area contributed by atoms with Crippen LogP contribution in [0.1, 0.15) is 21.6 Å². The van der Waals surface area contributed by atoms with Crippen LogP contribution in [0.4, 0.5) is 4.39 Å². The van der Waals surface area contributed by atoms with Gasteiger partial charge in [0.25, 0.3) is 5.91 Å². The highest BCUT2D eigenvalue weighted by Crippen LogP contribution is 2.32. The maximum Gasteiger partial charge on any atom is 0.255 e.